The summed E-state index contributed by atoms with van der Waals surface area (Å²) in [6.07, 6.45) is 0. The van der Waals surface area contributed by atoms with E-state index in [1.54, 1.807) is 27.7 Å². The van der Waals surface area contributed by atoms with Crippen molar-refractivity contribution < 1.29 is 10.4 Å². The van der Waals surface area contributed by atoms with Gasteiger partial charge in [-0.1, -0.05) is 15.4 Å². The van der Waals surface area contributed by atoms with Crippen molar-refractivity contribution in [2.24, 2.45) is 25.4 Å². The van der Waals surface area contributed by atoms with Crippen molar-refractivity contribution in [3.05, 3.63) is 10.4 Å². The molecule has 2 N–H and O–H groups in total. The molecule has 9 nitrogen and oxygen atoms in total. The van der Waals surface area contributed by atoms with Gasteiger partial charge in [0.25, 0.3) is 0 Å². The molecule has 0 heterocycles. The highest BCUT2D eigenvalue weighted by molar-refractivity contribution is 6.40. The Morgan fingerprint density at radius 3 is 1.60 bits per heavy atom. The van der Waals surface area contributed by atoms with Gasteiger partial charge in [-0.3, -0.25) is 9.98 Å². The first-order valence-corrected chi connectivity index (χ1v) is 5.90. The van der Waals surface area contributed by atoms with Crippen LogP contribution in [0.1, 0.15) is 27.7 Å². The molecule has 20 heavy (non-hydrogen) atoms. The summed E-state index contributed by atoms with van der Waals surface area (Å²) in [6, 6.07) is -0.456. The normalized spacial score (nSPS) is 15.8. The maximum absolute atomic E-state index is 8.60. The third-order valence-corrected chi connectivity index (χ3v) is 2.64. The molecule has 0 amide bonds. The second-order valence-corrected chi connectivity index (χ2v) is 4.08. The fourth-order valence-corrected chi connectivity index (χ4v) is 1.06. The van der Waals surface area contributed by atoms with Crippen LogP contribution >= 0.6 is 0 Å². The standard InChI is InChI=1S/C11H19N7O2/c1-7(9(3)16-19)13-5-11(15-18-12)6-14-8(2)10(4)17-20/h11,19-20H,5-6H2,1-4H3/b13-7+,14-8+,16-9+,17-10+. The first kappa shape index (κ1) is 17.6. The molecule has 0 aromatic heterocycles. The quantitative estimate of drug-likeness (QED) is 0.184. The second kappa shape index (κ2) is 9.51. The Kier molecular flexibility index (Phi) is 8.36. The zero-order chi connectivity index (χ0) is 15.5. The van der Waals surface area contributed by atoms with Crippen LogP contribution in [-0.2, 0) is 0 Å². The average molecular weight is 281 g/mol. The largest absolute Gasteiger partial charge is 0.411 e. The molecule has 0 aliphatic heterocycles. The van der Waals surface area contributed by atoms with Crippen molar-refractivity contribution in [2.45, 2.75) is 33.7 Å². The molecule has 0 spiro atoms. The van der Waals surface area contributed by atoms with E-state index in [0.717, 1.165) is 0 Å². The number of azide groups is 1. The minimum atomic E-state index is -0.456. The zero-order valence-corrected chi connectivity index (χ0v) is 12.0. The van der Waals surface area contributed by atoms with Crippen LogP contribution in [0.5, 0.6) is 0 Å². The third kappa shape index (κ3) is 6.50. The van der Waals surface area contributed by atoms with Crippen LogP contribution < -0.4 is 0 Å². The number of nitrogens with zero attached hydrogens (tertiary/aromatic N) is 7. The Hall–Kier alpha value is -2.41. The van der Waals surface area contributed by atoms with Crippen LogP contribution in [-0.4, -0.2) is 52.4 Å². The molecule has 0 atom stereocenters. The maximum atomic E-state index is 8.60. The number of hydrogen-bond acceptors (Lipinski definition) is 7. The van der Waals surface area contributed by atoms with Gasteiger partial charge in [-0.2, -0.15) is 0 Å². The van der Waals surface area contributed by atoms with Crippen molar-refractivity contribution in [3.8, 4) is 0 Å². The molecule has 0 saturated carbocycles. The Balaban J connectivity index is 4.81. The summed E-state index contributed by atoms with van der Waals surface area (Å²) in [4.78, 5) is 11.1. The Bertz CT molecular complexity index is 451. The van der Waals surface area contributed by atoms with Gasteiger partial charge in [0, 0.05) is 18.0 Å². The topological polar surface area (TPSA) is 139 Å². The van der Waals surface area contributed by atoms with Gasteiger partial charge in [0.15, 0.2) is 0 Å². The summed E-state index contributed by atoms with van der Waals surface area (Å²) in [6.45, 7) is 7.08. The van der Waals surface area contributed by atoms with Gasteiger partial charge < -0.3 is 10.4 Å². The fourth-order valence-electron chi connectivity index (χ4n) is 1.06. The molecule has 110 valence electrons. The highest BCUT2D eigenvalue weighted by Gasteiger charge is 2.07. The predicted molar refractivity (Wildman–Crippen MR) is 78.7 cm³/mol. The van der Waals surface area contributed by atoms with Crippen LogP contribution in [0.25, 0.3) is 10.4 Å². The summed E-state index contributed by atoms with van der Waals surface area (Å²) < 4.78 is 0. The first-order chi connectivity index (χ1) is 9.46. The molecule has 0 aliphatic rings. The molecule has 0 aliphatic carbocycles. The molecule has 9 heteroatoms. The molecule has 0 saturated heterocycles. The van der Waals surface area contributed by atoms with E-state index in [0.29, 0.717) is 22.8 Å². The first-order valence-electron chi connectivity index (χ1n) is 5.90. The van der Waals surface area contributed by atoms with E-state index in [1.807, 2.05) is 0 Å². The fraction of sp³-hybridized carbons (Fsp3) is 0.636. The number of aliphatic imine (C=N–C) groups is 2. The molecular weight excluding hydrogens is 262 g/mol. The number of hydrogen-bond donors (Lipinski definition) is 2. The maximum Gasteiger partial charge on any atom is 0.0971 e. The average Bonchev–Trinajstić information content (AvgIpc) is 2.47. The summed E-state index contributed by atoms with van der Waals surface area (Å²) in [5.74, 6) is 0. The summed E-state index contributed by atoms with van der Waals surface area (Å²) in [5, 5.41) is 26.9. The van der Waals surface area contributed by atoms with Crippen LogP contribution in [0.2, 0.25) is 0 Å². The SMILES string of the molecule is CC(=N\O)/C(C)=N/CC(C/N=C(C)/C(C)=N/O)N=[N+]=[N-]. The Labute approximate surface area is 117 Å². The van der Waals surface area contributed by atoms with Gasteiger partial charge in [0.05, 0.1) is 28.9 Å². The van der Waals surface area contributed by atoms with Gasteiger partial charge in [0.2, 0.25) is 0 Å². The smallest absolute Gasteiger partial charge is 0.0971 e. The molecule has 0 aromatic carbocycles. The summed E-state index contributed by atoms with van der Waals surface area (Å²) >= 11 is 0. The van der Waals surface area contributed by atoms with Crippen molar-refractivity contribution in [3.63, 3.8) is 0 Å². The van der Waals surface area contributed by atoms with Crippen molar-refractivity contribution in [2.75, 3.05) is 13.1 Å². The van der Waals surface area contributed by atoms with Gasteiger partial charge in [0.1, 0.15) is 0 Å². The lowest BCUT2D eigenvalue weighted by Crippen LogP contribution is -2.17. The zero-order valence-electron chi connectivity index (χ0n) is 12.0. The molecule has 0 radical (unpaired) electrons. The van der Waals surface area contributed by atoms with Crippen molar-refractivity contribution in [1.29, 1.82) is 0 Å². The molecule has 0 aromatic rings. The Morgan fingerprint density at radius 2 is 1.30 bits per heavy atom. The molecule has 0 unspecified atom stereocenters. The lowest BCUT2D eigenvalue weighted by Gasteiger charge is -2.06. The van der Waals surface area contributed by atoms with E-state index in [2.05, 4.69) is 30.3 Å². The van der Waals surface area contributed by atoms with Crippen LogP contribution in [0.15, 0.2) is 25.4 Å². The van der Waals surface area contributed by atoms with Gasteiger partial charge >= 0.3 is 0 Å². The van der Waals surface area contributed by atoms with E-state index < -0.39 is 6.04 Å². The van der Waals surface area contributed by atoms with Crippen LogP contribution in [0.3, 0.4) is 0 Å². The minimum Gasteiger partial charge on any atom is -0.411 e. The van der Waals surface area contributed by atoms with Crippen molar-refractivity contribution >= 4 is 22.8 Å². The summed E-state index contributed by atoms with van der Waals surface area (Å²) in [5.41, 5.74) is 10.4. The third-order valence-electron chi connectivity index (χ3n) is 2.64. The highest BCUT2D eigenvalue weighted by atomic mass is 16.4. The minimum absolute atomic E-state index is 0.231. The van der Waals surface area contributed by atoms with E-state index >= 15 is 0 Å². The van der Waals surface area contributed by atoms with Gasteiger partial charge in [-0.05, 0) is 33.2 Å². The number of oxime groups is 2. The lowest BCUT2D eigenvalue weighted by atomic mass is 10.2. The molecule has 0 fully saturated rings. The van der Waals surface area contributed by atoms with Crippen LogP contribution in [0.4, 0.5) is 0 Å². The van der Waals surface area contributed by atoms with Gasteiger partial charge in [-0.25, -0.2) is 0 Å². The van der Waals surface area contributed by atoms with E-state index in [4.69, 9.17) is 15.9 Å². The Morgan fingerprint density at radius 1 is 0.900 bits per heavy atom. The molecule has 0 bridgehead atoms. The van der Waals surface area contributed by atoms with Crippen molar-refractivity contribution in [1.82, 2.24) is 0 Å². The summed E-state index contributed by atoms with van der Waals surface area (Å²) in [7, 11) is 0. The predicted octanol–water partition coefficient (Wildman–Crippen LogP) is 2.29. The highest BCUT2D eigenvalue weighted by Crippen LogP contribution is 1.98. The van der Waals surface area contributed by atoms with Crippen LogP contribution in [0, 0.1) is 0 Å². The molecule has 0 rings (SSSR count). The number of rotatable bonds is 7. The lowest BCUT2D eigenvalue weighted by molar-refractivity contribution is 0.319. The van der Waals surface area contributed by atoms with E-state index in [-0.39, 0.29) is 13.1 Å². The van der Waals surface area contributed by atoms with E-state index in [1.165, 1.54) is 0 Å². The molecular formula is C11H19N7O2. The monoisotopic (exact) mass is 281 g/mol. The van der Waals surface area contributed by atoms with E-state index in [9.17, 15) is 0 Å². The van der Waals surface area contributed by atoms with Gasteiger partial charge in [-0.15, -0.1) is 0 Å². The second-order valence-electron chi connectivity index (χ2n) is 4.08.